The lowest BCUT2D eigenvalue weighted by Crippen LogP contribution is -2.46. The molecule has 6 heteroatoms. The first-order chi connectivity index (χ1) is 10.1. The number of likely N-dealkylation sites (tertiary alicyclic amines) is 1. The minimum Gasteiger partial charge on any atom is -0.353 e. The van der Waals surface area contributed by atoms with Crippen LogP contribution in [-0.2, 0) is 16.0 Å². The Kier molecular flexibility index (Phi) is 5.59. The van der Waals surface area contributed by atoms with Gasteiger partial charge in [0, 0.05) is 24.2 Å². The molecule has 0 bridgehead atoms. The van der Waals surface area contributed by atoms with E-state index in [2.05, 4.69) is 5.32 Å². The Morgan fingerprint density at radius 2 is 2.19 bits per heavy atom. The third-order valence-electron chi connectivity index (χ3n) is 3.78. The zero-order valence-electron chi connectivity index (χ0n) is 11.8. The normalized spacial score (nSPS) is 19.3. The molecule has 0 aliphatic carbocycles. The highest BCUT2D eigenvalue weighted by Gasteiger charge is 2.24. The highest BCUT2D eigenvalue weighted by molar-refractivity contribution is 6.30. The first-order valence-electron chi connectivity index (χ1n) is 7.09. The number of nitrogens with zero attached hydrogens (tertiary/aromatic N) is 1. The van der Waals surface area contributed by atoms with Gasteiger partial charge in [0.05, 0.1) is 6.04 Å². The highest BCUT2D eigenvalue weighted by atomic mass is 35.5. The van der Waals surface area contributed by atoms with E-state index in [1.807, 2.05) is 12.1 Å². The van der Waals surface area contributed by atoms with Gasteiger partial charge in [-0.1, -0.05) is 23.7 Å². The summed E-state index contributed by atoms with van der Waals surface area (Å²) in [6.45, 7) is 1.23. The second kappa shape index (κ2) is 7.43. The molecule has 2 rings (SSSR count). The number of carbonyl (C=O) groups excluding carboxylic acids is 2. The number of carbonyl (C=O) groups is 2. The molecule has 1 fully saturated rings. The van der Waals surface area contributed by atoms with E-state index in [4.69, 9.17) is 17.3 Å². The lowest BCUT2D eigenvalue weighted by atomic mass is 10.1. The standard InChI is InChI=1S/C15H20ClN3O2/c16-12-5-3-11(4-6-12)8-14(17)15(21)18-9-13-2-1-7-19(13)10-20/h3-6,10,13-14H,1-2,7-9,17H2,(H,18,21)/t13-,14+/m0/s1. The SMILES string of the molecule is N[C@H](Cc1ccc(Cl)cc1)C(=O)NC[C@@H]1CCCN1C=O. The topological polar surface area (TPSA) is 75.4 Å². The van der Waals surface area contributed by atoms with Crippen LogP contribution < -0.4 is 11.1 Å². The van der Waals surface area contributed by atoms with Crippen molar-refractivity contribution < 1.29 is 9.59 Å². The molecule has 1 aromatic rings. The molecule has 1 aliphatic rings. The summed E-state index contributed by atoms with van der Waals surface area (Å²) in [5.41, 5.74) is 6.88. The average Bonchev–Trinajstić information content (AvgIpc) is 2.94. The molecule has 0 saturated carbocycles. The first-order valence-corrected chi connectivity index (χ1v) is 7.46. The van der Waals surface area contributed by atoms with Gasteiger partial charge in [0.15, 0.2) is 0 Å². The summed E-state index contributed by atoms with van der Waals surface area (Å²) in [6, 6.07) is 6.77. The fourth-order valence-corrected chi connectivity index (χ4v) is 2.66. The molecule has 5 nitrogen and oxygen atoms in total. The molecule has 0 unspecified atom stereocenters. The fourth-order valence-electron chi connectivity index (χ4n) is 2.53. The minimum absolute atomic E-state index is 0.0918. The summed E-state index contributed by atoms with van der Waals surface area (Å²) in [5, 5.41) is 3.49. The maximum atomic E-state index is 12.0. The van der Waals surface area contributed by atoms with Crippen molar-refractivity contribution in [3.63, 3.8) is 0 Å². The van der Waals surface area contributed by atoms with E-state index in [1.165, 1.54) is 0 Å². The molecule has 2 amide bonds. The molecule has 21 heavy (non-hydrogen) atoms. The monoisotopic (exact) mass is 309 g/mol. The van der Waals surface area contributed by atoms with Gasteiger partial charge in [0.25, 0.3) is 0 Å². The zero-order valence-corrected chi connectivity index (χ0v) is 12.6. The van der Waals surface area contributed by atoms with Gasteiger partial charge in [-0.3, -0.25) is 9.59 Å². The van der Waals surface area contributed by atoms with Crippen molar-refractivity contribution in [2.45, 2.75) is 31.3 Å². The zero-order chi connectivity index (χ0) is 15.2. The molecule has 1 heterocycles. The smallest absolute Gasteiger partial charge is 0.237 e. The van der Waals surface area contributed by atoms with E-state index in [1.54, 1.807) is 17.0 Å². The van der Waals surface area contributed by atoms with Crippen LogP contribution in [0.25, 0.3) is 0 Å². The number of halogens is 1. The van der Waals surface area contributed by atoms with Crippen molar-refractivity contribution in [3.05, 3.63) is 34.9 Å². The number of hydrogen-bond acceptors (Lipinski definition) is 3. The number of hydrogen-bond donors (Lipinski definition) is 2. The number of nitrogens with two attached hydrogens (primary N) is 1. The number of nitrogens with one attached hydrogen (secondary N) is 1. The second-order valence-electron chi connectivity index (χ2n) is 5.32. The first kappa shape index (κ1) is 15.8. The number of benzene rings is 1. The maximum absolute atomic E-state index is 12.0. The van der Waals surface area contributed by atoms with Crippen molar-refractivity contribution >= 4 is 23.9 Å². The van der Waals surface area contributed by atoms with Gasteiger partial charge >= 0.3 is 0 Å². The Morgan fingerprint density at radius 3 is 2.86 bits per heavy atom. The largest absolute Gasteiger partial charge is 0.353 e. The van der Waals surface area contributed by atoms with Gasteiger partial charge in [0.2, 0.25) is 12.3 Å². The Balaban J connectivity index is 1.79. The van der Waals surface area contributed by atoms with Crippen LogP contribution in [0.2, 0.25) is 5.02 Å². The van der Waals surface area contributed by atoms with E-state index in [-0.39, 0.29) is 11.9 Å². The van der Waals surface area contributed by atoms with Gasteiger partial charge in [-0.25, -0.2) is 0 Å². The van der Waals surface area contributed by atoms with E-state index >= 15 is 0 Å². The summed E-state index contributed by atoms with van der Waals surface area (Å²) >= 11 is 5.82. The van der Waals surface area contributed by atoms with E-state index < -0.39 is 6.04 Å². The predicted molar refractivity (Wildman–Crippen MR) is 81.9 cm³/mol. The number of amides is 2. The molecule has 2 atom stereocenters. The van der Waals surface area contributed by atoms with Crippen LogP contribution >= 0.6 is 11.6 Å². The van der Waals surface area contributed by atoms with Crippen LogP contribution in [0.15, 0.2) is 24.3 Å². The Bertz CT molecular complexity index is 492. The molecule has 114 valence electrons. The Labute approximate surface area is 129 Å². The van der Waals surface area contributed by atoms with Crippen molar-refractivity contribution in [2.24, 2.45) is 5.73 Å². The Morgan fingerprint density at radius 1 is 1.48 bits per heavy atom. The van der Waals surface area contributed by atoms with Gasteiger partial charge in [0.1, 0.15) is 0 Å². The lowest BCUT2D eigenvalue weighted by molar-refractivity contribution is -0.124. The molecular formula is C15H20ClN3O2. The van der Waals surface area contributed by atoms with Gasteiger partial charge < -0.3 is 16.0 Å². The summed E-state index contributed by atoms with van der Waals surface area (Å²) in [5.74, 6) is -0.192. The molecule has 3 N–H and O–H groups in total. The molecule has 1 aromatic carbocycles. The molecule has 0 aromatic heterocycles. The predicted octanol–water partition coefficient (Wildman–Crippen LogP) is 0.947. The van der Waals surface area contributed by atoms with Crippen molar-refractivity contribution in [3.8, 4) is 0 Å². The van der Waals surface area contributed by atoms with Crippen LogP contribution in [-0.4, -0.2) is 42.4 Å². The van der Waals surface area contributed by atoms with Crippen LogP contribution in [0.1, 0.15) is 18.4 Å². The molecule has 1 saturated heterocycles. The van der Waals surface area contributed by atoms with Crippen LogP contribution in [0.3, 0.4) is 0 Å². The van der Waals surface area contributed by atoms with E-state index in [0.717, 1.165) is 31.4 Å². The summed E-state index contributed by atoms with van der Waals surface area (Å²) in [7, 11) is 0. The van der Waals surface area contributed by atoms with Gasteiger partial charge in [-0.05, 0) is 37.0 Å². The van der Waals surface area contributed by atoms with Crippen molar-refractivity contribution in [2.75, 3.05) is 13.1 Å². The third-order valence-corrected chi connectivity index (χ3v) is 4.03. The molecule has 1 aliphatic heterocycles. The Hall–Kier alpha value is -1.59. The molecular weight excluding hydrogens is 290 g/mol. The van der Waals surface area contributed by atoms with E-state index in [0.29, 0.717) is 18.0 Å². The highest BCUT2D eigenvalue weighted by Crippen LogP contribution is 2.14. The van der Waals surface area contributed by atoms with Crippen LogP contribution in [0.5, 0.6) is 0 Å². The summed E-state index contributed by atoms with van der Waals surface area (Å²) in [6.07, 6.45) is 3.21. The quantitative estimate of drug-likeness (QED) is 0.768. The second-order valence-corrected chi connectivity index (χ2v) is 5.76. The molecule has 0 radical (unpaired) electrons. The third kappa shape index (κ3) is 4.44. The number of rotatable bonds is 6. The maximum Gasteiger partial charge on any atom is 0.237 e. The summed E-state index contributed by atoms with van der Waals surface area (Å²) < 4.78 is 0. The molecule has 0 spiro atoms. The minimum atomic E-state index is -0.600. The van der Waals surface area contributed by atoms with E-state index in [9.17, 15) is 9.59 Å². The average molecular weight is 310 g/mol. The van der Waals surface area contributed by atoms with Gasteiger partial charge in [-0.2, -0.15) is 0 Å². The summed E-state index contributed by atoms with van der Waals surface area (Å²) in [4.78, 5) is 24.6. The van der Waals surface area contributed by atoms with Crippen LogP contribution in [0.4, 0.5) is 0 Å². The van der Waals surface area contributed by atoms with Crippen LogP contribution in [0, 0.1) is 0 Å². The fraction of sp³-hybridized carbons (Fsp3) is 0.467. The van der Waals surface area contributed by atoms with Crippen molar-refractivity contribution in [1.82, 2.24) is 10.2 Å². The van der Waals surface area contributed by atoms with Crippen molar-refractivity contribution in [1.29, 1.82) is 0 Å². The van der Waals surface area contributed by atoms with Gasteiger partial charge in [-0.15, -0.1) is 0 Å². The lowest BCUT2D eigenvalue weighted by Gasteiger charge is -2.21.